The van der Waals surface area contributed by atoms with Crippen LogP contribution in [0.3, 0.4) is 0 Å². The summed E-state index contributed by atoms with van der Waals surface area (Å²) < 4.78 is 30.7. The van der Waals surface area contributed by atoms with Gasteiger partial charge in [-0.05, 0) is 18.8 Å². The number of carbonyl (C=O) groups excluding carboxylic acids is 4. The van der Waals surface area contributed by atoms with Crippen LogP contribution in [0.4, 0.5) is 14.0 Å². The van der Waals surface area contributed by atoms with Crippen LogP contribution >= 0.6 is 0 Å². The third-order valence-corrected chi connectivity index (χ3v) is 7.94. The lowest BCUT2D eigenvalue weighted by atomic mass is 9.89. The van der Waals surface area contributed by atoms with E-state index in [2.05, 4.69) is 10.6 Å². The van der Waals surface area contributed by atoms with Crippen LogP contribution < -0.4 is 16.4 Å². The van der Waals surface area contributed by atoms with Gasteiger partial charge in [0.2, 0.25) is 0 Å². The summed E-state index contributed by atoms with van der Waals surface area (Å²) in [5.41, 5.74) is 6.00. The number of halogens is 1. The molecule has 4 aliphatic heterocycles. The van der Waals surface area contributed by atoms with Crippen molar-refractivity contribution < 1.29 is 42.9 Å². The molecule has 0 bridgehead atoms. The molecule has 42 heavy (non-hydrogen) atoms. The van der Waals surface area contributed by atoms with E-state index < -0.39 is 54.3 Å². The smallest absolute Gasteiger partial charge is 0.407 e. The Morgan fingerprint density at radius 1 is 1.21 bits per heavy atom. The van der Waals surface area contributed by atoms with Gasteiger partial charge in [0.15, 0.2) is 0 Å². The van der Waals surface area contributed by atoms with Crippen LogP contribution in [0, 0.1) is 17.2 Å². The first kappa shape index (κ1) is 31.6. The van der Waals surface area contributed by atoms with Crippen molar-refractivity contribution in [1.82, 2.24) is 25.3 Å². The number of amides is 5. The molecule has 5 unspecified atom stereocenters. The van der Waals surface area contributed by atoms with Gasteiger partial charge in [-0.2, -0.15) is 0 Å². The molecule has 5 amide bonds. The summed E-state index contributed by atoms with van der Waals surface area (Å²) in [5, 5.41) is 24.4. The van der Waals surface area contributed by atoms with E-state index in [0.29, 0.717) is 32.6 Å². The molecular formula is C26H40FN7O8. The lowest BCUT2D eigenvalue weighted by molar-refractivity contribution is -0.137. The van der Waals surface area contributed by atoms with Gasteiger partial charge in [-0.25, -0.2) is 14.0 Å². The minimum atomic E-state index is -1.15. The molecule has 0 radical (unpaired) electrons. The second kappa shape index (κ2) is 14.7. The van der Waals surface area contributed by atoms with Crippen molar-refractivity contribution in [1.29, 1.82) is 5.41 Å². The van der Waals surface area contributed by atoms with E-state index in [9.17, 15) is 28.7 Å². The fourth-order valence-electron chi connectivity index (χ4n) is 5.68. The Hall–Kier alpha value is -3.34. The molecule has 3 fully saturated rings. The number of imide groups is 1. The molecule has 4 heterocycles. The number of ether oxygens (including phenoxy) is 3. The Morgan fingerprint density at radius 2 is 1.93 bits per heavy atom. The molecule has 4 aliphatic rings. The molecule has 16 heteroatoms. The zero-order valence-corrected chi connectivity index (χ0v) is 23.4. The number of urea groups is 1. The van der Waals surface area contributed by atoms with Gasteiger partial charge >= 0.3 is 12.1 Å². The predicted molar refractivity (Wildman–Crippen MR) is 145 cm³/mol. The lowest BCUT2D eigenvalue weighted by Crippen LogP contribution is -2.58. The van der Waals surface area contributed by atoms with E-state index in [4.69, 9.17) is 25.4 Å². The number of rotatable bonds is 12. The molecular weight excluding hydrogens is 557 g/mol. The molecule has 0 aromatic heterocycles. The molecule has 6 N–H and O–H groups in total. The van der Waals surface area contributed by atoms with Gasteiger partial charge in [0.1, 0.15) is 24.2 Å². The van der Waals surface area contributed by atoms with Crippen LogP contribution in [0.25, 0.3) is 0 Å². The van der Waals surface area contributed by atoms with Gasteiger partial charge < -0.3 is 45.5 Å². The third kappa shape index (κ3) is 7.93. The number of hydrogen-bond donors (Lipinski definition) is 5. The van der Waals surface area contributed by atoms with Gasteiger partial charge in [0.25, 0.3) is 11.8 Å². The highest BCUT2D eigenvalue weighted by Crippen LogP contribution is 2.28. The van der Waals surface area contributed by atoms with E-state index in [-0.39, 0.29) is 64.2 Å². The molecule has 0 aliphatic carbocycles. The van der Waals surface area contributed by atoms with Crippen molar-refractivity contribution in [2.75, 3.05) is 72.2 Å². The van der Waals surface area contributed by atoms with Gasteiger partial charge in [-0.15, -0.1) is 0 Å². The van der Waals surface area contributed by atoms with E-state index in [1.807, 2.05) is 0 Å². The molecule has 0 saturated carbocycles. The first-order chi connectivity index (χ1) is 20.2. The molecule has 4 rings (SSSR count). The number of nitrogens with two attached hydrogens (primary N) is 1. The van der Waals surface area contributed by atoms with Crippen LogP contribution in [0.2, 0.25) is 0 Å². The lowest BCUT2D eigenvalue weighted by Gasteiger charge is -2.40. The van der Waals surface area contributed by atoms with Crippen molar-refractivity contribution in [2.45, 2.75) is 37.3 Å². The summed E-state index contributed by atoms with van der Waals surface area (Å²) in [6, 6.07) is -1.27. The Bertz CT molecular complexity index is 1020. The Morgan fingerprint density at radius 3 is 2.57 bits per heavy atom. The van der Waals surface area contributed by atoms with Gasteiger partial charge in [-0.1, -0.05) is 0 Å². The number of likely N-dealkylation sites (tertiary alicyclic amines) is 1. The number of amidine groups is 1. The van der Waals surface area contributed by atoms with E-state index in [0.717, 1.165) is 4.90 Å². The van der Waals surface area contributed by atoms with E-state index in [1.165, 1.54) is 22.0 Å². The highest BCUT2D eigenvalue weighted by Gasteiger charge is 2.43. The normalized spacial score (nSPS) is 27.0. The largest absolute Gasteiger partial charge is 0.442 e. The van der Waals surface area contributed by atoms with Crippen molar-refractivity contribution in [3.05, 3.63) is 12.2 Å². The number of nitrogens with one attached hydrogen (secondary N) is 3. The molecule has 3 saturated heterocycles. The average Bonchev–Trinajstić information content (AvgIpc) is 3.64. The first-order valence-electron chi connectivity index (χ1n) is 14.2. The maximum atomic E-state index is 14.6. The zero-order valence-electron chi connectivity index (χ0n) is 23.4. The molecule has 0 aromatic carbocycles. The summed E-state index contributed by atoms with van der Waals surface area (Å²) in [6.07, 6.45) is -0.560. The Labute approximate surface area is 243 Å². The fourth-order valence-corrected chi connectivity index (χ4v) is 5.68. The Kier molecular flexibility index (Phi) is 11.1. The van der Waals surface area contributed by atoms with Crippen LogP contribution in [0.5, 0.6) is 0 Å². The summed E-state index contributed by atoms with van der Waals surface area (Å²) in [7, 11) is 0. The minimum absolute atomic E-state index is 0.0454. The molecule has 0 spiro atoms. The van der Waals surface area contributed by atoms with Gasteiger partial charge in [0, 0.05) is 57.5 Å². The highest BCUT2D eigenvalue weighted by molar-refractivity contribution is 6.12. The number of alkyl carbamates (subject to hydrolysis) is 1. The average molecular weight is 598 g/mol. The van der Waals surface area contributed by atoms with E-state index in [1.54, 1.807) is 0 Å². The number of alkyl halides is 1. The maximum Gasteiger partial charge on any atom is 0.407 e. The van der Waals surface area contributed by atoms with E-state index >= 15 is 0 Å². The second-order valence-electron chi connectivity index (χ2n) is 10.8. The van der Waals surface area contributed by atoms with Crippen molar-refractivity contribution in [3.63, 3.8) is 0 Å². The monoisotopic (exact) mass is 597 g/mol. The summed E-state index contributed by atoms with van der Waals surface area (Å²) in [4.78, 5) is 53.0. The summed E-state index contributed by atoms with van der Waals surface area (Å²) in [5.74, 6) is -1.61. The zero-order chi connectivity index (χ0) is 30.2. The number of nitrogens with zero attached hydrogens (tertiary/aromatic N) is 3. The number of aliphatic hydroxyl groups is 1. The highest BCUT2D eigenvalue weighted by atomic mass is 19.1. The number of carbonyl (C=O) groups is 4. The molecule has 15 nitrogen and oxygen atoms in total. The van der Waals surface area contributed by atoms with Crippen molar-refractivity contribution in [2.24, 2.45) is 17.6 Å². The summed E-state index contributed by atoms with van der Waals surface area (Å²) in [6.45, 7) is 1.71. The van der Waals surface area contributed by atoms with Crippen molar-refractivity contribution in [3.8, 4) is 0 Å². The standard InChI is InChI=1S/C26H40FN7O8/c27-18-12-30-11-17(18)13-34(23(24(28)29)16-3-7-40-8-4-16)26(39)32-14-19(35)20(15-32)42-25(38)31-5-9-41-10-6-33-21(36)1-2-22(33)37/h1-2,16-20,23,30,35H,3-15H2,(H3,28,29)(H,31,38). The molecule has 234 valence electrons. The second-order valence-corrected chi connectivity index (χ2v) is 10.8. The maximum absolute atomic E-state index is 14.6. The van der Waals surface area contributed by atoms with Gasteiger partial charge in [0.05, 0.1) is 38.9 Å². The topological polar surface area (TPSA) is 200 Å². The van der Waals surface area contributed by atoms with Crippen LogP contribution in [0.1, 0.15) is 12.8 Å². The first-order valence-corrected chi connectivity index (χ1v) is 14.2. The predicted octanol–water partition coefficient (Wildman–Crippen LogP) is -1.59. The number of β-amino-alcohol motifs (C(OH)–C–C–N with tert-alkyl or cyclic N) is 1. The van der Waals surface area contributed by atoms with Crippen LogP contribution in [-0.2, 0) is 23.8 Å². The summed E-state index contributed by atoms with van der Waals surface area (Å²) >= 11 is 0. The molecule has 0 aromatic rings. The minimum Gasteiger partial charge on any atom is -0.442 e. The Balaban J connectivity index is 1.27. The van der Waals surface area contributed by atoms with Crippen molar-refractivity contribution >= 4 is 29.8 Å². The molecule has 5 atom stereocenters. The quantitative estimate of drug-likeness (QED) is 0.0756. The number of hydrogen-bond acceptors (Lipinski definition) is 10. The SMILES string of the molecule is N=C(N)C(C1CCOCC1)N(CC1CNCC1F)C(=O)N1CC(O)C(OC(=O)NCCOCCN2C(=O)C=CC2=O)C1. The fraction of sp³-hybridized carbons (Fsp3) is 0.731. The van der Waals surface area contributed by atoms with Gasteiger partial charge in [-0.3, -0.25) is 19.9 Å². The number of aliphatic hydroxyl groups excluding tert-OH is 1. The van der Waals surface area contributed by atoms with Crippen LogP contribution in [-0.4, -0.2) is 146 Å². The third-order valence-electron chi connectivity index (χ3n) is 7.94. The van der Waals surface area contributed by atoms with Crippen LogP contribution in [0.15, 0.2) is 12.2 Å².